The van der Waals surface area contributed by atoms with Crippen molar-refractivity contribution >= 4 is 21.9 Å². The summed E-state index contributed by atoms with van der Waals surface area (Å²) >= 11 is 0. The Labute approximate surface area is 380 Å². The number of aryl methyl sites for hydroxylation is 2. The number of nitrogens with zero attached hydrogens (tertiary/aromatic N) is 3. The first-order valence-corrected chi connectivity index (χ1v) is 19.9. The van der Waals surface area contributed by atoms with Gasteiger partial charge in [0.2, 0.25) is 0 Å². The fraction of sp³-hybridized carbons (Fsp3) is 0.107. The van der Waals surface area contributed by atoms with Crippen LogP contribution >= 0.6 is 0 Å². The minimum atomic E-state index is -2.18. The van der Waals surface area contributed by atoms with E-state index >= 15 is 0 Å². The largest absolute Gasteiger partial charge is 0.500 e. The van der Waals surface area contributed by atoms with Crippen molar-refractivity contribution in [1.82, 2.24) is 14.5 Å². The number of imidazole rings is 1. The first kappa shape index (κ1) is 34.1. The number of hydrogen-bond donors (Lipinski definition) is 0. The number of aromatic nitrogens is 3. The Morgan fingerprint density at radius 3 is 1.93 bits per heavy atom. The quantitative estimate of drug-likeness (QED) is 0.156. The van der Waals surface area contributed by atoms with Crippen LogP contribution in [0.2, 0.25) is 0 Å². The molecule has 301 valence electrons. The summed E-state index contributed by atoms with van der Waals surface area (Å²) in [6, 6.07) is 61.0. The van der Waals surface area contributed by atoms with Crippen molar-refractivity contribution in [1.29, 1.82) is 0 Å². The standard InChI is InChI=1S/C43H33N2O.C13H12N.Ir/c1-43(2,3)34-21-17-31(18-22-34)33-27-38(32-13-8-5-9-14-32)41-39(28-33)36-15-10-16-37(40(36)46-41)42-44-25-26-45(42)35-23-19-30(20-24-35)29-11-6-4-7-12-29;1-10-3-6-12(7-4-10)13-8-5-11(2)9-14-13;/h4-15,17-28H,1-3H3;3-6,8-9H,1-2H3;/q2*-1;/i;1D3,2D3;. The van der Waals surface area contributed by atoms with Crippen LogP contribution in [0.5, 0.6) is 0 Å². The zero-order valence-electron chi connectivity index (χ0n) is 39.9. The van der Waals surface area contributed by atoms with E-state index in [1.807, 2.05) is 30.6 Å². The number of benzene rings is 7. The molecular weight excluding hydrogens is 923 g/mol. The van der Waals surface area contributed by atoms with E-state index in [1.165, 1.54) is 46.6 Å². The molecular formula is C56H45IrN3O-2. The van der Waals surface area contributed by atoms with Gasteiger partial charge in [0.15, 0.2) is 0 Å². The van der Waals surface area contributed by atoms with E-state index in [0.717, 1.165) is 55.7 Å². The molecule has 5 heteroatoms. The van der Waals surface area contributed by atoms with Gasteiger partial charge in [0.1, 0.15) is 5.58 Å². The van der Waals surface area contributed by atoms with Gasteiger partial charge in [-0.1, -0.05) is 148 Å². The minimum Gasteiger partial charge on any atom is -0.500 e. The predicted molar refractivity (Wildman–Crippen MR) is 248 cm³/mol. The first-order valence-electron chi connectivity index (χ1n) is 22.9. The Bertz CT molecular complexity index is 3210. The second-order valence-corrected chi connectivity index (χ2v) is 15.7. The third-order valence-electron chi connectivity index (χ3n) is 10.7. The van der Waals surface area contributed by atoms with Crippen molar-refractivity contribution in [3.05, 3.63) is 211 Å². The smallest absolute Gasteiger partial charge is 0.128 e. The molecule has 0 aliphatic rings. The van der Waals surface area contributed by atoms with Gasteiger partial charge in [-0.2, -0.15) is 0 Å². The van der Waals surface area contributed by atoms with Gasteiger partial charge in [-0.05, 0) is 81.2 Å². The first-order chi connectivity index (χ1) is 31.6. The molecule has 61 heavy (non-hydrogen) atoms. The third kappa shape index (κ3) is 8.67. The van der Waals surface area contributed by atoms with Gasteiger partial charge in [0.25, 0.3) is 0 Å². The molecule has 0 aliphatic heterocycles. The van der Waals surface area contributed by atoms with Crippen molar-refractivity contribution in [2.24, 2.45) is 0 Å². The summed E-state index contributed by atoms with van der Waals surface area (Å²) in [6.45, 7) is 2.41. The molecule has 0 N–H and O–H groups in total. The molecule has 0 atom stereocenters. The summed E-state index contributed by atoms with van der Waals surface area (Å²) < 4.78 is 52.6. The van der Waals surface area contributed by atoms with Gasteiger partial charge in [-0.25, -0.2) is 0 Å². The second kappa shape index (κ2) is 17.5. The molecule has 3 aromatic heterocycles. The van der Waals surface area contributed by atoms with Crippen LogP contribution in [0.1, 0.15) is 45.7 Å². The van der Waals surface area contributed by atoms with E-state index in [0.29, 0.717) is 11.3 Å². The fourth-order valence-electron chi connectivity index (χ4n) is 7.45. The van der Waals surface area contributed by atoms with Gasteiger partial charge in [-0.3, -0.25) is 4.98 Å². The zero-order valence-corrected chi connectivity index (χ0v) is 36.3. The fourth-order valence-corrected chi connectivity index (χ4v) is 7.45. The summed E-state index contributed by atoms with van der Waals surface area (Å²) in [5.41, 5.74) is 13.4. The van der Waals surface area contributed by atoms with Gasteiger partial charge in [-0.15, -0.1) is 53.6 Å². The van der Waals surface area contributed by atoms with Crippen LogP contribution in [0, 0.1) is 25.8 Å². The van der Waals surface area contributed by atoms with Crippen LogP contribution in [0.25, 0.3) is 83.7 Å². The molecule has 0 unspecified atom stereocenters. The maximum absolute atomic E-state index is 7.28. The Morgan fingerprint density at radius 2 is 1.28 bits per heavy atom. The monoisotopic (exact) mass is 974 g/mol. The second-order valence-electron chi connectivity index (χ2n) is 15.7. The van der Waals surface area contributed by atoms with Gasteiger partial charge >= 0.3 is 0 Å². The van der Waals surface area contributed by atoms with E-state index in [2.05, 4.69) is 158 Å². The number of fused-ring (bicyclic) bond motifs is 3. The van der Waals surface area contributed by atoms with E-state index in [9.17, 15) is 0 Å². The SMILES string of the molecule is CC(C)(C)c1ccc(-c2cc(-c3ccccc3)c3oc4c(-c5nccn5-c5ccc(-c6ccccc6)cc5)[c-]ccc4c3c2)cc1.[2H]C([2H])([2H])c1c[c-]c(-c2ccc(C([2H])([2H])[2H])cn2)cc1.[Ir]. The molecule has 0 fully saturated rings. The normalized spacial score (nSPS) is 13.1. The Kier molecular flexibility index (Phi) is 9.79. The molecule has 3 heterocycles. The van der Waals surface area contributed by atoms with Crippen LogP contribution < -0.4 is 0 Å². The average molecular weight is 974 g/mol. The number of furan rings is 1. The van der Waals surface area contributed by atoms with Crippen molar-refractivity contribution in [3.8, 4) is 61.7 Å². The number of hydrogen-bond acceptors (Lipinski definition) is 3. The van der Waals surface area contributed by atoms with E-state index in [4.69, 9.17) is 17.6 Å². The molecule has 0 aliphatic carbocycles. The van der Waals surface area contributed by atoms with E-state index in [1.54, 1.807) is 12.1 Å². The van der Waals surface area contributed by atoms with Crippen LogP contribution in [-0.2, 0) is 25.5 Å². The van der Waals surface area contributed by atoms with Gasteiger partial charge in [0.05, 0.1) is 11.4 Å². The Hall–Kier alpha value is -6.65. The number of rotatable bonds is 6. The summed E-state index contributed by atoms with van der Waals surface area (Å²) in [5, 5.41) is 2.12. The van der Waals surface area contributed by atoms with Crippen molar-refractivity contribution in [3.63, 3.8) is 0 Å². The summed E-state index contributed by atoms with van der Waals surface area (Å²) in [7, 11) is 0. The predicted octanol–water partition coefficient (Wildman–Crippen LogP) is 14.7. The molecule has 0 saturated carbocycles. The molecule has 0 spiro atoms. The zero-order chi connectivity index (χ0) is 46.2. The molecule has 0 saturated heterocycles. The Morgan fingerprint density at radius 1 is 0.607 bits per heavy atom. The molecule has 0 bridgehead atoms. The van der Waals surface area contributed by atoms with Crippen LogP contribution in [0.3, 0.4) is 0 Å². The molecule has 0 amide bonds. The van der Waals surface area contributed by atoms with E-state index in [-0.39, 0.29) is 36.6 Å². The summed E-state index contributed by atoms with van der Waals surface area (Å²) in [4.78, 5) is 8.88. The summed E-state index contributed by atoms with van der Waals surface area (Å²) in [6.07, 6.45) is 5.13. The maximum Gasteiger partial charge on any atom is 0.128 e. The topological polar surface area (TPSA) is 43.9 Å². The minimum absolute atomic E-state index is 0. The average Bonchev–Trinajstić information content (AvgIpc) is 3.97. The van der Waals surface area contributed by atoms with Crippen molar-refractivity contribution < 1.29 is 32.7 Å². The molecule has 7 aromatic carbocycles. The van der Waals surface area contributed by atoms with Crippen LogP contribution in [-0.4, -0.2) is 14.5 Å². The molecule has 1 radical (unpaired) electrons. The summed E-state index contributed by atoms with van der Waals surface area (Å²) in [5.74, 6) is 0.788. The molecule has 4 nitrogen and oxygen atoms in total. The molecule has 10 aromatic rings. The van der Waals surface area contributed by atoms with Gasteiger partial charge in [0, 0.05) is 63.6 Å². The number of pyridine rings is 1. The van der Waals surface area contributed by atoms with Crippen molar-refractivity contribution in [2.75, 3.05) is 0 Å². The van der Waals surface area contributed by atoms with Crippen molar-refractivity contribution in [2.45, 2.75) is 39.9 Å². The maximum atomic E-state index is 7.28. The molecule has 10 rings (SSSR count). The van der Waals surface area contributed by atoms with Crippen LogP contribution in [0.4, 0.5) is 0 Å². The third-order valence-corrected chi connectivity index (χ3v) is 10.7. The van der Waals surface area contributed by atoms with E-state index < -0.39 is 13.7 Å². The van der Waals surface area contributed by atoms with Gasteiger partial charge < -0.3 is 14.0 Å². The Balaban J connectivity index is 0.000000244. The van der Waals surface area contributed by atoms with Crippen LogP contribution in [0.15, 0.2) is 187 Å².